The molecule has 0 spiro atoms. The number of nitrogens with zero attached hydrogens (tertiary/aromatic N) is 1. The van der Waals surface area contributed by atoms with Crippen molar-refractivity contribution in [1.29, 1.82) is 0 Å². The van der Waals surface area contributed by atoms with Gasteiger partial charge in [-0.2, -0.15) is 0 Å². The summed E-state index contributed by atoms with van der Waals surface area (Å²) in [4.78, 5) is 0. The van der Waals surface area contributed by atoms with Crippen molar-refractivity contribution in [3.8, 4) is 5.75 Å². The van der Waals surface area contributed by atoms with E-state index in [9.17, 15) is 0 Å². The van der Waals surface area contributed by atoms with E-state index in [0.29, 0.717) is 21.5 Å². The first-order valence-electron chi connectivity index (χ1n) is 4.44. The monoisotopic (exact) mass is 258 g/mol. The minimum atomic E-state index is 0.199. The van der Waals surface area contributed by atoms with E-state index in [4.69, 9.17) is 38.2 Å². The van der Waals surface area contributed by atoms with E-state index in [-0.39, 0.29) is 12.5 Å². The molecule has 2 N–H and O–H groups in total. The zero-order valence-corrected chi connectivity index (χ0v) is 9.63. The zero-order chi connectivity index (χ0) is 11.5. The van der Waals surface area contributed by atoms with Gasteiger partial charge in [0.1, 0.15) is 12.3 Å². The number of nitrogen functional groups attached to an aromatic ring is 1. The molecule has 16 heavy (non-hydrogen) atoms. The summed E-state index contributed by atoms with van der Waals surface area (Å²) < 4.78 is 10.1. The number of nitrogens with two attached hydrogens (primary N) is 1. The number of hydrogen-bond acceptors (Lipinski definition) is 4. The second-order valence-electron chi connectivity index (χ2n) is 3.06. The third kappa shape index (κ3) is 2.40. The number of rotatable bonds is 3. The molecule has 0 fully saturated rings. The van der Waals surface area contributed by atoms with Crippen molar-refractivity contribution < 1.29 is 9.26 Å². The third-order valence-electron chi connectivity index (χ3n) is 1.86. The summed E-state index contributed by atoms with van der Waals surface area (Å²) >= 11 is 11.8. The Morgan fingerprint density at radius 2 is 2.00 bits per heavy atom. The lowest BCUT2D eigenvalue weighted by molar-refractivity contribution is 0.290. The van der Waals surface area contributed by atoms with Crippen LogP contribution >= 0.6 is 23.2 Å². The Hall–Kier alpha value is -1.39. The molecule has 0 aliphatic rings. The third-order valence-corrected chi connectivity index (χ3v) is 2.46. The largest absolute Gasteiger partial charge is 0.484 e. The highest BCUT2D eigenvalue weighted by Crippen LogP contribution is 2.32. The molecule has 4 nitrogen and oxygen atoms in total. The van der Waals surface area contributed by atoms with E-state index in [1.54, 1.807) is 24.3 Å². The van der Waals surface area contributed by atoms with Crippen LogP contribution in [0.4, 0.5) is 5.88 Å². The van der Waals surface area contributed by atoms with Crippen LogP contribution in [0, 0.1) is 0 Å². The second-order valence-corrected chi connectivity index (χ2v) is 3.87. The lowest BCUT2D eigenvalue weighted by Crippen LogP contribution is -1.96. The fraction of sp³-hybridized carbons (Fsp3) is 0.100. The first-order valence-corrected chi connectivity index (χ1v) is 5.20. The van der Waals surface area contributed by atoms with Gasteiger partial charge in [-0.1, -0.05) is 34.4 Å². The summed E-state index contributed by atoms with van der Waals surface area (Å²) in [6.07, 6.45) is 0. The molecule has 0 unspecified atom stereocenters. The quantitative estimate of drug-likeness (QED) is 0.919. The van der Waals surface area contributed by atoms with Gasteiger partial charge in [0, 0.05) is 6.07 Å². The standard InChI is InChI=1S/C10H8Cl2N2O2/c11-7-2-1-3-8(12)10(7)15-5-6-4-9(13)16-14-6/h1-4H,5,13H2. The fourth-order valence-corrected chi connectivity index (χ4v) is 1.67. The van der Waals surface area contributed by atoms with Gasteiger partial charge in [-0.3, -0.25) is 0 Å². The average Bonchev–Trinajstić information content (AvgIpc) is 2.63. The van der Waals surface area contributed by atoms with E-state index in [1.807, 2.05) is 0 Å². The topological polar surface area (TPSA) is 61.3 Å². The first-order chi connectivity index (χ1) is 7.66. The second kappa shape index (κ2) is 4.63. The number of aromatic nitrogens is 1. The molecule has 84 valence electrons. The molecule has 0 amide bonds. The lowest BCUT2D eigenvalue weighted by atomic mass is 10.3. The van der Waals surface area contributed by atoms with Crippen LogP contribution < -0.4 is 10.5 Å². The summed E-state index contributed by atoms with van der Waals surface area (Å²) in [6, 6.07) is 6.70. The van der Waals surface area contributed by atoms with Crippen molar-refractivity contribution >= 4 is 29.1 Å². The van der Waals surface area contributed by atoms with Gasteiger partial charge < -0.3 is 15.0 Å². The van der Waals surface area contributed by atoms with E-state index in [2.05, 4.69) is 5.16 Å². The van der Waals surface area contributed by atoms with E-state index < -0.39 is 0 Å². The molecular formula is C10H8Cl2N2O2. The van der Waals surface area contributed by atoms with Gasteiger partial charge in [0.05, 0.1) is 10.0 Å². The van der Waals surface area contributed by atoms with E-state index in [0.717, 1.165) is 0 Å². The zero-order valence-electron chi connectivity index (χ0n) is 8.11. The van der Waals surface area contributed by atoms with Crippen LogP contribution in [0.15, 0.2) is 28.8 Å². The van der Waals surface area contributed by atoms with Gasteiger partial charge in [-0.25, -0.2) is 0 Å². The van der Waals surface area contributed by atoms with Crippen LogP contribution in [-0.2, 0) is 6.61 Å². The summed E-state index contributed by atoms with van der Waals surface area (Å²) in [7, 11) is 0. The Labute approximate surface area is 102 Å². The highest BCUT2D eigenvalue weighted by Gasteiger charge is 2.08. The molecule has 1 aromatic carbocycles. The number of hydrogen-bond donors (Lipinski definition) is 1. The Morgan fingerprint density at radius 1 is 1.31 bits per heavy atom. The van der Waals surface area contributed by atoms with Crippen LogP contribution in [0.5, 0.6) is 5.75 Å². The van der Waals surface area contributed by atoms with Gasteiger partial charge in [-0.05, 0) is 12.1 Å². The van der Waals surface area contributed by atoms with Gasteiger partial charge in [0.25, 0.3) is 0 Å². The maximum absolute atomic E-state index is 5.92. The summed E-state index contributed by atoms with van der Waals surface area (Å²) in [5.41, 5.74) is 5.95. The predicted molar refractivity (Wildman–Crippen MR) is 61.7 cm³/mol. The summed E-state index contributed by atoms with van der Waals surface area (Å²) in [6.45, 7) is 0.199. The van der Waals surface area contributed by atoms with Crippen LogP contribution in [0.25, 0.3) is 0 Å². The Bertz CT molecular complexity index is 479. The van der Waals surface area contributed by atoms with Crippen LogP contribution in [0.3, 0.4) is 0 Å². The molecule has 1 heterocycles. The maximum Gasteiger partial charge on any atom is 0.222 e. The number of anilines is 1. The van der Waals surface area contributed by atoms with Gasteiger partial charge >= 0.3 is 0 Å². The molecule has 2 rings (SSSR count). The molecule has 0 aliphatic carbocycles. The van der Waals surface area contributed by atoms with Crippen LogP contribution in [0.2, 0.25) is 10.0 Å². The Balaban J connectivity index is 2.10. The van der Waals surface area contributed by atoms with Crippen molar-refractivity contribution in [2.24, 2.45) is 0 Å². The van der Waals surface area contributed by atoms with Gasteiger partial charge in [0.15, 0.2) is 5.75 Å². The smallest absolute Gasteiger partial charge is 0.222 e. The molecule has 0 radical (unpaired) electrons. The van der Waals surface area contributed by atoms with E-state index >= 15 is 0 Å². The normalized spacial score (nSPS) is 10.4. The summed E-state index contributed by atoms with van der Waals surface area (Å²) in [5.74, 6) is 0.663. The number of ether oxygens (including phenoxy) is 1. The van der Waals surface area contributed by atoms with Gasteiger partial charge in [-0.15, -0.1) is 0 Å². The number of para-hydroxylation sites is 1. The predicted octanol–water partition coefficient (Wildman–Crippen LogP) is 3.14. The molecule has 6 heteroatoms. The first kappa shape index (κ1) is 11.1. The van der Waals surface area contributed by atoms with Crippen molar-refractivity contribution in [1.82, 2.24) is 5.16 Å². The maximum atomic E-state index is 5.92. The highest BCUT2D eigenvalue weighted by atomic mass is 35.5. The van der Waals surface area contributed by atoms with Crippen molar-refractivity contribution in [3.63, 3.8) is 0 Å². The molecule has 0 saturated heterocycles. The minimum absolute atomic E-state index is 0.199. The highest BCUT2D eigenvalue weighted by molar-refractivity contribution is 6.37. The molecule has 0 atom stereocenters. The van der Waals surface area contributed by atoms with E-state index in [1.165, 1.54) is 0 Å². The van der Waals surface area contributed by atoms with Crippen molar-refractivity contribution in [3.05, 3.63) is 40.0 Å². The number of benzene rings is 1. The fourth-order valence-electron chi connectivity index (χ4n) is 1.16. The molecular weight excluding hydrogens is 251 g/mol. The van der Waals surface area contributed by atoms with Gasteiger partial charge in [0.2, 0.25) is 5.88 Å². The molecule has 1 aromatic heterocycles. The Kier molecular flexibility index (Phi) is 3.22. The lowest BCUT2D eigenvalue weighted by Gasteiger charge is -2.07. The van der Waals surface area contributed by atoms with Crippen molar-refractivity contribution in [2.75, 3.05) is 5.73 Å². The summed E-state index contributed by atoms with van der Waals surface area (Å²) in [5, 5.41) is 4.58. The molecule has 0 aliphatic heterocycles. The molecule has 2 aromatic rings. The van der Waals surface area contributed by atoms with Crippen LogP contribution in [-0.4, -0.2) is 5.16 Å². The van der Waals surface area contributed by atoms with Crippen molar-refractivity contribution in [2.45, 2.75) is 6.61 Å². The number of halogens is 2. The molecule has 0 saturated carbocycles. The SMILES string of the molecule is Nc1cc(COc2c(Cl)cccc2Cl)no1. The Morgan fingerprint density at radius 3 is 2.56 bits per heavy atom. The average molecular weight is 259 g/mol. The molecule has 0 bridgehead atoms. The minimum Gasteiger partial charge on any atom is -0.484 e. The van der Waals surface area contributed by atoms with Crippen LogP contribution in [0.1, 0.15) is 5.69 Å².